The second-order valence-corrected chi connectivity index (χ2v) is 9.27. The van der Waals surface area contributed by atoms with E-state index in [0.717, 1.165) is 6.07 Å². The van der Waals surface area contributed by atoms with Crippen molar-refractivity contribution in [1.82, 2.24) is 26.4 Å². The molecule has 0 atom stereocenters. The van der Waals surface area contributed by atoms with Crippen LogP contribution in [0.15, 0.2) is 6.07 Å². The maximum Gasteiger partial charge on any atom is 0.343 e. The summed E-state index contributed by atoms with van der Waals surface area (Å²) in [7, 11) is 0. The van der Waals surface area contributed by atoms with Crippen LogP contribution in [0.2, 0.25) is 0 Å². The third-order valence-electron chi connectivity index (χ3n) is 4.49. The van der Waals surface area contributed by atoms with Gasteiger partial charge in [0.05, 0.1) is 31.3 Å². The lowest BCUT2D eigenvalue weighted by Crippen LogP contribution is -2.45. The summed E-state index contributed by atoms with van der Waals surface area (Å²) < 4.78 is 11.4. The second-order valence-electron chi connectivity index (χ2n) is 8.82. The van der Waals surface area contributed by atoms with Crippen molar-refractivity contribution in [3.8, 4) is 0 Å². The SMILES string of the molecule is CC(C)(CCOC(C)(C)COCCC(=O)NNC(=O)CCCS)NC(=O)c1cc([N+](=O)[O-])[nH]n1. The summed E-state index contributed by atoms with van der Waals surface area (Å²) in [6.45, 7) is 7.97. The van der Waals surface area contributed by atoms with Crippen LogP contribution in [-0.4, -0.2) is 69.6 Å². The summed E-state index contributed by atoms with van der Waals surface area (Å²) in [6.07, 6.45) is 1.46. The average molecular weight is 503 g/mol. The Kier molecular flexibility index (Phi) is 12.0. The quantitative estimate of drug-likeness (QED) is 0.103. The molecule has 14 heteroatoms. The first-order valence-corrected chi connectivity index (χ1v) is 11.4. The van der Waals surface area contributed by atoms with Gasteiger partial charge in [0.2, 0.25) is 11.8 Å². The van der Waals surface area contributed by atoms with Crippen molar-refractivity contribution < 1.29 is 28.8 Å². The molecule has 0 fully saturated rings. The van der Waals surface area contributed by atoms with Crippen molar-refractivity contribution in [3.05, 3.63) is 21.9 Å². The number of nitro groups is 1. The molecular formula is C20H34N6O7S. The monoisotopic (exact) mass is 502 g/mol. The Bertz CT molecular complexity index is 843. The summed E-state index contributed by atoms with van der Waals surface area (Å²) in [5.41, 5.74) is 3.29. The second kappa shape index (κ2) is 13.9. The van der Waals surface area contributed by atoms with Crippen molar-refractivity contribution in [2.45, 2.75) is 64.5 Å². The number of nitrogens with zero attached hydrogens (tertiary/aromatic N) is 2. The van der Waals surface area contributed by atoms with Gasteiger partial charge >= 0.3 is 5.82 Å². The fourth-order valence-corrected chi connectivity index (χ4v) is 2.72. The highest BCUT2D eigenvalue weighted by atomic mass is 32.1. The standard InChI is InChI=1S/C20H34N6O7S/c1-19(2,21-18(29)14-12-15(23-22-14)26(30)31)8-10-33-20(3,4)13-32-9-7-17(28)25-24-16(27)6-5-11-34/h12,34H,5-11,13H2,1-4H3,(H,21,29)(H,22,23)(H,24,27)(H,25,28). The molecule has 34 heavy (non-hydrogen) atoms. The molecule has 0 spiro atoms. The van der Waals surface area contributed by atoms with Gasteiger partial charge in [0.15, 0.2) is 5.69 Å². The largest absolute Gasteiger partial charge is 0.378 e. The molecule has 0 aliphatic carbocycles. The van der Waals surface area contributed by atoms with Crippen LogP contribution in [0.3, 0.4) is 0 Å². The lowest BCUT2D eigenvalue weighted by Gasteiger charge is -2.30. The van der Waals surface area contributed by atoms with E-state index in [9.17, 15) is 24.5 Å². The van der Waals surface area contributed by atoms with E-state index in [1.54, 1.807) is 13.8 Å². The molecule has 13 nitrogen and oxygen atoms in total. The third-order valence-corrected chi connectivity index (χ3v) is 4.81. The van der Waals surface area contributed by atoms with Crippen LogP contribution in [0.1, 0.15) is 63.9 Å². The van der Waals surface area contributed by atoms with Crippen molar-refractivity contribution in [2.24, 2.45) is 0 Å². The smallest absolute Gasteiger partial charge is 0.343 e. The molecule has 1 aromatic rings. The van der Waals surface area contributed by atoms with E-state index < -0.39 is 22.0 Å². The minimum absolute atomic E-state index is 0.0734. The number of amides is 3. The number of hydrogen-bond acceptors (Lipinski definition) is 9. The highest BCUT2D eigenvalue weighted by Gasteiger charge is 2.26. The summed E-state index contributed by atoms with van der Waals surface area (Å²) >= 11 is 4.02. The Labute approximate surface area is 203 Å². The highest BCUT2D eigenvalue weighted by molar-refractivity contribution is 7.80. The molecule has 0 radical (unpaired) electrons. The Morgan fingerprint density at radius 1 is 1.15 bits per heavy atom. The zero-order valence-electron chi connectivity index (χ0n) is 19.9. The Balaban J connectivity index is 2.28. The minimum atomic E-state index is -0.663. The molecule has 0 bridgehead atoms. The maximum absolute atomic E-state index is 12.3. The van der Waals surface area contributed by atoms with Gasteiger partial charge in [-0.05, 0) is 51.2 Å². The maximum atomic E-state index is 12.3. The normalized spacial score (nSPS) is 11.7. The molecule has 0 aromatic carbocycles. The number of carbonyl (C=O) groups excluding carboxylic acids is 3. The van der Waals surface area contributed by atoms with Crippen LogP contribution in [0.5, 0.6) is 0 Å². The molecule has 0 aliphatic heterocycles. The Morgan fingerprint density at radius 3 is 2.38 bits per heavy atom. The van der Waals surface area contributed by atoms with Crippen LogP contribution in [-0.2, 0) is 19.1 Å². The number of rotatable bonds is 15. The molecule has 0 aliphatic rings. The van der Waals surface area contributed by atoms with E-state index in [2.05, 4.69) is 39.0 Å². The van der Waals surface area contributed by atoms with Gasteiger partial charge in [-0.2, -0.15) is 12.6 Å². The summed E-state index contributed by atoms with van der Waals surface area (Å²) in [4.78, 5) is 45.5. The first kappa shape index (κ1) is 29.3. The van der Waals surface area contributed by atoms with E-state index in [1.165, 1.54) is 0 Å². The van der Waals surface area contributed by atoms with Gasteiger partial charge in [-0.3, -0.25) is 25.2 Å². The molecule has 1 rings (SSSR count). The first-order valence-electron chi connectivity index (χ1n) is 10.8. The number of H-pyrrole nitrogens is 1. The van der Waals surface area contributed by atoms with Gasteiger partial charge < -0.3 is 24.9 Å². The van der Waals surface area contributed by atoms with E-state index in [1.807, 2.05) is 13.8 Å². The molecule has 192 valence electrons. The predicted octanol–water partition coefficient (Wildman–Crippen LogP) is 1.28. The summed E-state index contributed by atoms with van der Waals surface area (Å²) in [5.74, 6) is -0.940. The molecule has 4 N–H and O–H groups in total. The summed E-state index contributed by atoms with van der Waals surface area (Å²) in [6, 6.07) is 1.07. The molecule has 3 amide bonds. The van der Waals surface area contributed by atoms with Crippen molar-refractivity contribution in [2.75, 3.05) is 25.6 Å². The number of aromatic nitrogens is 2. The zero-order valence-corrected chi connectivity index (χ0v) is 20.8. The van der Waals surface area contributed by atoms with E-state index >= 15 is 0 Å². The summed E-state index contributed by atoms with van der Waals surface area (Å²) in [5, 5.41) is 19.3. The first-order chi connectivity index (χ1) is 15.8. The number of ether oxygens (including phenoxy) is 2. The van der Waals surface area contributed by atoms with Gasteiger partial charge in [-0.15, -0.1) is 5.10 Å². The third kappa shape index (κ3) is 12.0. The fourth-order valence-electron chi connectivity index (χ4n) is 2.57. The van der Waals surface area contributed by atoms with Gasteiger partial charge in [0.25, 0.3) is 5.91 Å². The molecule has 1 aromatic heterocycles. The zero-order chi connectivity index (χ0) is 25.8. The van der Waals surface area contributed by atoms with Crippen molar-refractivity contribution in [3.63, 3.8) is 0 Å². The van der Waals surface area contributed by atoms with Gasteiger partial charge in [0.1, 0.15) is 0 Å². The van der Waals surface area contributed by atoms with Crippen LogP contribution in [0, 0.1) is 10.1 Å². The van der Waals surface area contributed by atoms with Gasteiger partial charge in [0, 0.05) is 18.6 Å². The number of nitrogens with one attached hydrogen (secondary N) is 4. The average Bonchev–Trinajstić information content (AvgIpc) is 3.24. The fraction of sp³-hybridized carbons (Fsp3) is 0.700. The molecule has 0 saturated carbocycles. The van der Waals surface area contributed by atoms with Crippen LogP contribution < -0.4 is 16.2 Å². The van der Waals surface area contributed by atoms with E-state index in [-0.39, 0.29) is 49.4 Å². The van der Waals surface area contributed by atoms with Gasteiger partial charge in [-0.1, -0.05) is 5.10 Å². The van der Waals surface area contributed by atoms with E-state index in [0.29, 0.717) is 25.2 Å². The molecule has 1 heterocycles. The highest BCUT2D eigenvalue weighted by Crippen LogP contribution is 2.16. The predicted molar refractivity (Wildman–Crippen MR) is 126 cm³/mol. The molecule has 0 saturated heterocycles. The number of carbonyl (C=O) groups is 3. The van der Waals surface area contributed by atoms with Crippen LogP contribution >= 0.6 is 12.6 Å². The Hall–Kier alpha value is -2.71. The van der Waals surface area contributed by atoms with Crippen molar-refractivity contribution >= 4 is 36.2 Å². The topological polar surface area (TPSA) is 178 Å². The number of thiol groups is 1. The van der Waals surface area contributed by atoms with Crippen LogP contribution in [0.25, 0.3) is 0 Å². The molecule has 0 unspecified atom stereocenters. The minimum Gasteiger partial charge on any atom is -0.378 e. The molecular weight excluding hydrogens is 468 g/mol. The van der Waals surface area contributed by atoms with Crippen LogP contribution in [0.4, 0.5) is 5.82 Å². The number of aromatic amines is 1. The van der Waals surface area contributed by atoms with Gasteiger partial charge in [-0.25, -0.2) is 0 Å². The Morgan fingerprint density at radius 2 is 1.79 bits per heavy atom. The van der Waals surface area contributed by atoms with E-state index in [4.69, 9.17) is 9.47 Å². The number of hydrazine groups is 1. The lowest BCUT2D eigenvalue weighted by molar-refractivity contribution is -0.389. The lowest BCUT2D eigenvalue weighted by atomic mass is 10.0. The van der Waals surface area contributed by atoms with Crippen molar-refractivity contribution in [1.29, 1.82) is 0 Å². The number of hydrogen-bond donors (Lipinski definition) is 5.